The highest BCUT2D eigenvalue weighted by Crippen LogP contribution is 2.25. The number of aryl methyl sites for hydroxylation is 1. The molecule has 0 aliphatic carbocycles. The van der Waals surface area contributed by atoms with Crippen molar-refractivity contribution in [3.05, 3.63) is 23.8 Å². The van der Waals surface area contributed by atoms with Gasteiger partial charge >= 0.3 is 0 Å². The third-order valence-corrected chi connectivity index (χ3v) is 3.15. The number of hydrogen-bond acceptors (Lipinski definition) is 3. The predicted molar refractivity (Wildman–Crippen MR) is 71.9 cm³/mol. The van der Waals surface area contributed by atoms with Gasteiger partial charge in [-0.3, -0.25) is 4.79 Å². The van der Waals surface area contributed by atoms with E-state index in [9.17, 15) is 4.79 Å². The summed E-state index contributed by atoms with van der Waals surface area (Å²) in [6.07, 6.45) is 0. The Morgan fingerprint density at radius 3 is 2.72 bits per heavy atom. The van der Waals surface area contributed by atoms with Crippen molar-refractivity contribution in [2.24, 2.45) is 11.1 Å². The van der Waals surface area contributed by atoms with Gasteiger partial charge < -0.3 is 16.0 Å². The van der Waals surface area contributed by atoms with Crippen LogP contribution in [0.3, 0.4) is 0 Å². The smallest absolute Gasteiger partial charge is 0.224 e. The zero-order valence-corrected chi connectivity index (χ0v) is 10.9. The van der Waals surface area contributed by atoms with E-state index in [0.717, 1.165) is 16.6 Å². The molecule has 0 unspecified atom stereocenters. The number of benzene rings is 1. The first-order chi connectivity index (χ1) is 8.31. The molecule has 1 heterocycles. The van der Waals surface area contributed by atoms with Gasteiger partial charge in [0.1, 0.15) is 0 Å². The second-order valence-corrected chi connectivity index (χ2v) is 5.30. The van der Waals surface area contributed by atoms with Crippen molar-refractivity contribution < 1.29 is 4.79 Å². The summed E-state index contributed by atoms with van der Waals surface area (Å²) < 4.78 is 1.83. The van der Waals surface area contributed by atoms with E-state index >= 15 is 0 Å². The first-order valence-electron chi connectivity index (χ1n) is 5.83. The lowest BCUT2D eigenvalue weighted by Crippen LogP contribution is -2.35. The standard InChI is InChI=1S/C13H18N4O/c1-8-4-5-10-9(6-8)16-12(15)17(10)7-13(2,3)11(14)18/h4-6H,7H2,1-3H3,(H2,14,18)(H2,15,16). The zero-order chi connectivity index (χ0) is 13.5. The molecule has 5 heteroatoms. The van der Waals surface area contributed by atoms with Gasteiger partial charge in [0.05, 0.1) is 16.4 Å². The normalized spacial score (nSPS) is 11.9. The van der Waals surface area contributed by atoms with Gasteiger partial charge in [-0.1, -0.05) is 6.07 Å². The number of imidazole rings is 1. The maximum absolute atomic E-state index is 11.4. The Morgan fingerprint density at radius 1 is 1.44 bits per heavy atom. The molecule has 2 rings (SSSR count). The molecular formula is C13H18N4O. The molecule has 0 fully saturated rings. The van der Waals surface area contributed by atoms with Crippen LogP contribution in [0.1, 0.15) is 19.4 Å². The number of amides is 1. The summed E-state index contributed by atoms with van der Waals surface area (Å²) >= 11 is 0. The fourth-order valence-electron chi connectivity index (χ4n) is 1.90. The molecule has 2 aromatic rings. The first-order valence-corrected chi connectivity index (χ1v) is 5.83. The molecule has 4 N–H and O–H groups in total. The molecule has 96 valence electrons. The lowest BCUT2D eigenvalue weighted by atomic mass is 9.92. The van der Waals surface area contributed by atoms with Crippen molar-refractivity contribution in [1.29, 1.82) is 0 Å². The molecule has 0 aliphatic heterocycles. The molecule has 0 spiro atoms. The average Bonchev–Trinajstić information content (AvgIpc) is 2.54. The number of carbonyl (C=O) groups is 1. The van der Waals surface area contributed by atoms with E-state index in [1.165, 1.54) is 0 Å². The molecule has 0 bridgehead atoms. The first kappa shape index (κ1) is 12.4. The van der Waals surface area contributed by atoms with Crippen LogP contribution in [0.15, 0.2) is 18.2 Å². The van der Waals surface area contributed by atoms with E-state index in [2.05, 4.69) is 4.98 Å². The Labute approximate surface area is 106 Å². The maximum atomic E-state index is 11.4. The summed E-state index contributed by atoms with van der Waals surface area (Å²) in [5.41, 5.74) is 13.5. The number of fused-ring (bicyclic) bond motifs is 1. The monoisotopic (exact) mass is 246 g/mol. The van der Waals surface area contributed by atoms with Crippen LogP contribution in [0.4, 0.5) is 5.95 Å². The largest absolute Gasteiger partial charge is 0.369 e. The Morgan fingerprint density at radius 2 is 2.11 bits per heavy atom. The predicted octanol–water partition coefficient (Wildman–Crippen LogP) is 1.44. The average molecular weight is 246 g/mol. The molecule has 1 amide bonds. The van der Waals surface area contributed by atoms with Crippen LogP contribution < -0.4 is 11.5 Å². The molecule has 0 atom stereocenters. The van der Waals surface area contributed by atoms with Gasteiger partial charge in [0.2, 0.25) is 11.9 Å². The summed E-state index contributed by atoms with van der Waals surface area (Å²) in [5.74, 6) is 0.0563. The summed E-state index contributed by atoms with van der Waals surface area (Å²) in [6, 6.07) is 5.93. The number of anilines is 1. The molecule has 0 aliphatic rings. The molecule has 0 saturated carbocycles. The summed E-state index contributed by atoms with van der Waals surface area (Å²) in [4.78, 5) is 15.7. The van der Waals surface area contributed by atoms with E-state index < -0.39 is 5.41 Å². The molecule has 0 radical (unpaired) electrons. The van der Waals surface area contributed by atoms with Crippen LogP contribution in [0, 0.1) is 12.3 Å². The minimum atomic E-state index is -0.660. The van der Waals surface area contributed by atoms with Crippen LogP contribution in [0.2, 0.25) is 0 Å². The van der Waals surface area contributed by atoms with E-state index in [0.29, 0.717) is 12.5 Å². The van der Waals surface area contributed by atoms with Gasteiger partial charge in [-0.2, -0.15) is 0 Å². The topological polar surface area (TPSA) is 86.9 Å². The Hall–Kier alpha value is -2.04. The van der Waals surface area contributed by atoms with Gasteiger partial charge in [0.25, 0.3) is 0 Å². The van der Waals surface area contributed by atoms with Crippen molar-refractivity contribution in [2.75, 3.05) is 5.73 Å². The van der Waals surface area contributed by atoms with E-state index in [1.807, 2.05) is 29.7 Å². The quantitative estimate of drug-likeness (QED) is 0.859. The third-order valence-electron chi connectivity index (χ3n) is 3.15. The van der Waals surface area contributed by atoms with E-state index in [1.54, 1.807) is 13.8 Å². The second-order valence-electron chi connectivity index (χ2n) is 5.30. The highest BCUT2D eigenvalue weighted by Gasteiger charge is 2.27. The van der Waals surface area contributed by atoms with Gasteiger partial charge in [0, 0.05) is 6.54 Å². The number of carbonyl (C=O) groups excluding carboxylic acids is 1. The van der Waals surface area contributed by atoms with Crippen LogP contribution in [0.25, 0.3) is 11.0 Å². The third kappa shape index (κ3) is 2.03. The number of nitrogens with zero attached hydrogens (tertiary/aromatic N) is 2. The molecule has 1 aromatic heterocycles. The number of hydrogen-bond donors (Lipinski definition) is 2. The van der Waals surface area contributed by atoms with Crippen molar-refractivity contribution in [2.45, 2.75) is 27.3 Å². The van der Waals surface area contributed by atoms with Gasteiger partial charge in [-0.15, -0.1) is 0 Å². The van der Waals surface area contributed by atoms with Gasteiger partial charge in [-0.25, -0.2) is 4.98 Å². The van der Waals surface area contributed by atoms with E-state index in [4.69, 9.17) is 11.5 Å². The highest BCUT2D eigenvalue weighted by atomic mass is 16.1. The fourth-order valence-corrected chi connectivity index (χ4v) is 1.90. The lowest BCUT2D eigenvalue weighted by molar-refractivity contribution is -0.126. The molecule has 0 saturated heterocycles. The second kappa shape index (κ2) is 4.01. The number of rotatable bonds is 3. The SMILES string of the molecule is Cc1ccc2c(c1)nc(N)n2CC(C)(C)C(N)=O. The van der Waals surface area contributed by atoms with Crippen LogP contribution in [0.5, 0.6) is 0 Å². The maximum Gasteiger partial charge on any atom is 0.224 e. The molecule has 1 aromatic carbocycles. The van der Waals surface area contributed by atoms with Crippen molar-refractivity contribution >= 4 is 22.9 Å². The van der Waals surface area contributed by atoms with Crippen LogP contribution in [-0.4, -0.2) is 15.5 Å². The van der Waals surface area contributed by atoms with Gasteiger partial charge in [-0.05, 0) is 38.5 Å². The minimum absolute atomic E-state index is 0.351. The Balaban J connectivity index is 2.51. The molecule has 5 nitrogen and oxygen atoms in total. The zero-order valence-electron chi connectivity index (χ0n) is 10.9. The lowest BCUT2D eigenvalue weighted by Gasteiger charge is -2.21. The Bertz CT molecular complexity index is 613. The fraction of sp³-hybridized carbons (Fsp3) is 0.385. The number of nitrogens with two attached hydrogens (primary N) is 2. The summed E-state index contributed by atoms with van der Waals surface area (Å²) in [7, 11) is 0. The number of aromatic nitrogens is 2. The summed E-state index contributed by atoms with van der Waals surface area (Å²) in [6.45, 7) is 6.03. The van der Waals surface area contributed by atoms with Crippen molar-refractivity contribution in [3.63, 3.8) is 0 Å². The van der Waals surface area contributed by atoms with Crippen molar-refractivity contribution in [3.8, 4) is 0 Å². The van der Waals surface area contributed by atoms with Crippen molar-refractivity contribution in [1.82, 2.24) is 9.55 Å². The van der Waals surface area contributed by atoms with Crippen LogP contribution >= 0.6 is 0 Å². The molecule has 18 heavy (non-hydrogen) atoms. The van der Waals surface area contributed by atoms with Crippen LogP contribution in [-0.2, 0) is 11.3 Å². The summed E-state index contributed by atoms with van der Waals surface area (Å²) in [5, 5.41) is 0. The minimum Gasteiger partial charge on any atom is -0.369 e. The van der Waals surface area contributed by atoms with E-state index in [-0.39, 0.29) is 5.91 Å². The van der Waals surface area contributed by atoms with Gasteiger partial charge in [0.15, 0.2) is 0 Å². The Kier molecular flexibility index (Phi) is 2.77. The highest BCUT2D eigenvalue weighted by molar-refractivity contribution is 5.82. The number of primary amides is 1. The molecular weight excluding hydrogens is 228 g/mol. The number of nitrogen functional groups attached to an aromatic ring is 1.